The Kier molecular flexibility index (Phi) is 16.4. The predicted molar refractivity (Wildman–Crippen MR) is 309 cm³/mol. The molecule has 0 N–H and O–H groups in total. The monoisotopic (exact) mass is 1170 g/mol. The van der Waals surface area contributed by atoms with E-state index in [-0.39, 0.29) is 109 Å². The molecule has 0 saturated carbocycles. The molecule has 0 aliphatic rings. The van der Waals surface area contributed by atoms with Gasteiger partial charge in [0.2, 0.25) is 11.8 Å². The molecule has 4 aromatic carbocycles. The van der Waals surface area contributed by atoms with Crippen molar-refractivity contribution in [2.24, 2.45) is 0 Å². The number of esters is 2. The van der Waals surface area contributed by atoms with E-state index in [1.165, 1.54) is 38.5 Å². The van der Waals surface area contributed by atoms with Gasteiger partial charge in [0.05, 0.1) is 57.8 Å². The second-order valence-electron chi connectivity index (χ2n) is 19.9. The molecule has 0 atom stereocenters. The molecule has 0 radical (unpaired) electrons. The van der Waals surface area contributed by atoms with Crippen molar-refractivity contribution in [3.8, 4) is 45.9 Å². The van der Waals surface area contributed by atoms with Gasteiger partial charge in [0.15, 0.2) is 0 Å². The lowest BCUT2D eigenvalue weighted by Crippen LogP contribution is -2.14. The average molecular weight is 1180 g/mol. The highest BCUT2D eigenvalue weighted by Crippen LogP contribution is 2.31. The maximum atomic E-state index is 16.1. The van der Waals surface area contributed by atoms with Crippen molar-refractivity contribution >= 4 is 34.0 Å². The Morgan fingerprint density at radius 1 is 0.506 bits per heavy atom. The number of pyridine rings is 4. The maximum Gasteiger partial charge on any atom is 0.346 e. The van der Waals surface area contributed by atoms with Crippen molar-refractivity contribution in [1.29, 1.82) is 0 Å². The van der Waals surface area contributed by atoms with Gasteiger partial charge in [-0.05, 0) is 96.1 Å². The smallest absolute Gasteiger partial charge is 0.346 e. The predicted octanol–water partition coefficient (Wildman–Crippen LogP) is 10.9. The molecule has 19 nitrogen and oxygen atoms in total. The lowest BCUT2D eigenvalue weighted by molar-refractivity contribution is 0.0397. The van der Waals surface area contributed by atoms with E-state index in [1.807, 2.05) is 24.3 Å². The molecule has 0 bridgehead atoms. The van der Waals surface area contributed by atoms with Crippen LogP contribution < -0.4 is 9.47 Å². The van der Waals surface area contributed by atoms with Gasteiger partial charge in [0.25, 0.3) is 0 Å². The van der Waals surface area contributed by atoms with Crippen LogP contribution in [-0.2, 0) is 53.4 Å². The number of hydrogen-bond acceptors (Lipinski definition) is 15. The molecule has 0 unspecified atom stereocenters. The number of carbonyl (C=O) groups excluding carboxylic acids is 2. The van der Waals surface area contributed by atoms with E-state index in [9.17, 15) is 9.59 Å². The average Bonchev–Trinajstić information content (AvgIpc) is 2.16. The van der Waals surface area contributed by atoms with Crippen LogP contribution in [0.5, 0.6) is 11.8 Å². The molecule has 0 spiro atoms. The molecule has 12 rings (SSSR count). The maximum absolute atomic E-state index is 16.1. The Morgan fingerprint density at radius 2 is 0.966 bits per heavy atom. The van der Waals surface area contributed by atoms with Crippen LogP contribution >= 0.6 is 0 Å². The molecule has 87 heavy (non-hydrogen) atoms. The Balaban J connectivity index is 0.719. The van der Waals surface area contributed by atoms with Crippen molar-refractivity contribution in [3.05, 3.63) is 239 Å². The standard InChI is InChI=1S/C64H50F4N12O7/c1-83-23-21-79-55-27-41(11-13-53(55)73-59(79)29-43-25-49(67)45(31-47(43)65)51-5-3-7-61(75-51)85-35-39-9-15-57(71-33-39)77-19-17-69-37-77)63(81)87-64(82)42-12-14-54-56(28-42)80(22-24-84-2)60(74-54)30-44-26-50(68)46(32-48(44)66)52-6-4-8-62(76-52)86-36-40-10-16-58(72-34-40)78-20-18-70-38-78/h3-20,25-28,31-34,37-38H,21-24,29-30,35-36H2,1-2H3. The minimum atomic E-state index is -0.971. The molecule has 0 saturated heterocycles. The Hall–Kier alpha value is -10.8. The largest absolute Gasteiger partial charge is 0.473 e. The van der Waals surface area contributed by atoms with E-state index in [1.54, 1.807) is 117 Å². The lowest BCUT2D eigenvalue weighted by atomic mass is 10.0. The van der Waals surface area contributed by atoms with Gasteiger partial charge in [-0.15, -0.1) is 0 Å². The fourth-order valence-corrected chi connectivity index (χ4v) is 9.82. The first-order chi connectivity index (χ1) is 42.4. The number of benzene rings is 4. The molecule has 0 aliphatic heterocycles. The van der Waals surface area contributed by atoms with Gasteiger partial charge >= 0.3 is 11.9 Å². The summed E-state index contributed by atoms with van der Waals surface area (Å²) in [4.78, 5) is 62.8. The van der Waals surface area contributed by atoms with E-state index >= 15 is 17.6 Å². The summed E-state index contributed by atoms with van der Waals surface area (Å²) >= 11 is 0. The number of methoxy groups -OCH3 is 2. The highest BCUT2D eigenvalue weighted by atomic mass is 19.1. The van der Waals surface area contributed by atoms with Crippen molar-refractivity contribution in [1.82, 2.24) is 58.1 Å². The van der Waals surface area contributed by atoms with Gasteiger partial charge in [0.1, 0.15) is 72.4 Å². The van der Waals surface area contributed by atoms with Gasteiger partial charge < -0.3 is 32.8 Å². The summed E-state index contributed by atoms with van der Waals surface area (Å²) in [6.07, 6.45) is 13.2. The Bertz CT molecular complexity index is 4180. The van der Waals surface area contributed by atoms with Crippen LogP contribution in [0, 0.1) is 23.3 Å². The zero-order valence-electron chi connectivity index (χ0n) is 46.6. The van der Waals surface area contributed by atoms with Gasteiger partial charge in [-0.3, -0.25) is 9.13 Å². The van der Waals surface area contributed by atoms with E-state index in [0.29, 0.717) is 45.4 Å². The van der Waals surface area contributed by atoms with Crippen molar-refractivity contribution in [2.45, 2.75) is 39.1 Å². The summed E-state index contributed by atoms with van der Waals surface area (Å²) in [6, 6.07) is 30.4. The summed E-state index contributed by atoms with van der Waals surface area (Å²) < 4.78 is 99.1. The second-order valence-corrected chi connectivity index (χ2v) is 19.9. The van der Waals surface area contributed by atoms with Gasteiger partial charge in [-0.25, -0.2) is 67.0 Å². The van der Waals surface area contributed by atoms with Gasteiger partial charge in [-0.1, -0.05) is 24.3 Å². The summed E-state index contributed by atoms with van der Waals surface area (Å²) in [6.45, 7) is 1.12. The highest BCUT2D eigenvalue weighted by Gasteiger charge is 2.24. The van der Waals surface area contributed by atoms with Crippen LogP contribution in [0.1, 0.15) is 54.6 Å². The van der Waals surface area contributed by atoms with Gasteiger partial charge in [0, 0.05) is 112 Å². The quantitative estimate of drug-likeness (QED) is 0.0352. The Labute approximate surface area is 493 Å². The van der Waals surface area contributed by atoms with Crippen LogP contribution in [-0.4, -0.2) is 97.5 Å². The van der Waals surface area contributed by atoms with Crippen molar-refractivity contribution < 1.29 is 50.8 Å². The summed E-state index contributed by atoms with van der Waals surface area (Å²) in [5, 5.41) is 0. The first kappa shape index (κ1) is 56.7. The molecule has 436 valence electrons. The molecule has 0 amide bonds. The summed E-state index contributed by atoms with van der Waals surface area (Å²) in [5.74, 6) is -2.32. The zero-order valence-corrected chi connectivity index (χ0v) is 46.6. The van der Waals surface area contributed by atoms with Crippen LogP contribution in [0.4, 0.5) is 17.6 Å². The van der Waals surface area contributed by atoms with E-state index in [4.69, 9.17) is 33.7 Å². The molecule has 0 fully saturated rings. The van der Waals surface area contributed by atoms with Crippen LogP contribution in [0.3, 0.4) is 0 Å². The molecular weight excluding hydrogens is 1120 g/mol. The zero-order chi connectivity index (χ0) is 60.0. The SMILES string of the molecule is COCCn1c(Cc2cc(F)c(-c3cccc(OCc4ccc(-n5ccnc5)nc4)n3)cc2F)nc2ccc(C(=O)OC(=O)c3ccc4nc(Cc5cc(F)c(-c6cccc(OCc7ccc(-n8ccnc8)nc7)n6)cc5F)n(CCOC)c4c3)cc21. The number of halogens is 4. The number of fused-ring (bicyclic) bond motifs is 2. The van der Waals surface area contributed by atoms with E-state index < -0.39 is 35.2 Å². The number of carbonyl (C=O) groups is 2. The van der Waals surface area contributed by atoms with Crippen LogP contribution in [0.2, 0.25) is 0 Å². The fraction of sp³-hybridized carbons (Fsp3) is 0.156. The third-order valence-electron chi connectivity index (χ3n) is 14.2. The minimum absolute atomic E-state index is 0.00843. The fourth-order valence-electron chi connectivity index (χ4n) is 9.82. The van der Waals surface area contributed by atoms with Gasteiger partial charge in [-0.2, -0.15) is 0 Å². The Morgan fingerprint density at radius 3 is 1.37 bits per heavy atom. The minimum Gasteiger partial charge on any atom is -0.473 e. The lowest BCUT2D eigenvalue weighted by Gasteiger charge is -2.12. The highest BCUT2D eigenvalue weighted by molar-refractivity contribution is 6.05. The molecule has 8 aromatic heterocycles. The van der Waals surface area contributed by atoms with Crippen molar-refractivity contribution in [3.63, 3.8) is 0 Å². The third kappa shape index (κ3) is 12.6. The van der Waals surface area contributed by atoms with E-state index in [2.05, 4.69) is 29.9 Å². The van der Waals surface area contributed by atoms with Crippen LogP contribution in [0.15, 0.2) is 171 Å². The summed E-state index contributed by atoms with van der Waals surface area (Å²) in [7, 11) is 3.02. The van der Waals surface area contributed by atoms with Crippen LogP contribution in [0.25, 0.3) is 56.2 Å². The van der Waals surface area contributed by atoms with E-state index in [0.717, 1.165) is 35.4 Å². The first-order valence-corrected chi connectivity index (χ1v) is 27.2. The normalized spacial score (nSPS) is 11.4. The molecule has 12 aromatic rings. The molecule has 8 heterocycles. The number of rotatable bonds is 22. The topological polar surface area (TPSA) is 203 Å². The number of nitrogens with zero attached hydrogens (tertiary/aromatic N) is 12. The van der Waals surface area contributed by atoms with Crippen molar-refractivity contribution in [2.75, 3.05) is 27.4 Å². The number of hydrogen-bond donors (Lipinski definition) is 0. The summed E-state index contributed by atoms with van der Waals surface area (Å²) in [5.41, 5.74) is 3.52. The molecular formula is C64H50F4N12O7. The number of aromatic nitrogens is 12. The number of ether oxygens (including phenoxy) is 5. The molecule has 23 heteroatoms. The second kappa shape index (κ2) is 25.2. The first-order valence-electron chi connectivity index (χ1n) is 27.2. The number of imidazole rings is 4. The molecule has 0 aliphatic carbocycles. The third-order valence-corrected chi connectivity index (χ3v) is 14.2.